The standard InChI is InChI=1S/C18H18N2OS/c1-3-13-15-10-12(22-2)8-9-17(15)20-18(13)14-6-4-5-7-16(14)19-11-21/h4-11,20H,3H2,1-2H3,(H,19,21). The summed E-state index contributed by atoms with van der Waals surface area (Å²) in [5.74, 6) is 0. The summed E-state index contributed by atoms with van der Waals surface area (Å²) < 4.78 is 0. The van der Waals surface area contributed by atoms with E-state index in [9.17, 15) is 4.79 Å². The molecule has 3 aromatic rings. The number of aromatic nitrogens is 1. The quantitative estimate of drug-likeness (QED) is 0.530. The van der Waals surface area contributed by atoms with E-state index in [2.05, 4.69) is 41.7 Å². The van der Waals surface area contributed by atoms with E-state index in [0.717, 1.165) is 35.3 Å². The second kappa shape index (κ2) is 6.28. The van der Waals surface area contributed by atoms with Gasteiger partial charge in [-0.2, -0.15) is 0 Å². The fourth-order valence-electron chi connectivity index (χ4n) is 2.84. The van der Waals surface area contributed by atoms with Crippen molar-refractivity contribution >= 4 is 34.8 Å². The Morgan fingerprint density at radius 2 is 2.05 bits per heavy atom. The van der Waals surface area contributed by atoms with Crippen molar-refractivity contribution in [3.05, 3.63) is 48.0 Å². The van der Waals surface area contributed by atoms with Crippen LogP contribution >= 0.6 is 11.8 Å². The van der Waals surface area contributed by atoms with Gasteiger partial charge in [0.25, 0.3) is 0 Å². The Balaban J connectivity index is 2.25. The van der Waals surface area contributed by atoms with Crippen LogP contribution in [0.2, 0.25) is 0 Å². The molecule has 2 N–H and O–H groups in total. The molecular formula is C18H18N2OS. The maximum atomic E-state index is 10.8. The van der Waals surface area contributed by atoms with Gasteiger partial charge in [0, 0.05) is 27.0 Å². The van der Waals surface area contributed by atoms with Crippen LogP contribution in [0.15, 0.2) is 47.4 Å². The van der Waals surface area contributed by atoms with Crippen LogP contribution in [-0.4, -0.2) is 17.6 Å². The Labute approximate surface area is 134 Å². The number of rotatable bonds is 5. The number of carbonyl (C=O) groups is 1. The molecule has 0 fully saturated rings. The summed E-state index contributed by atoms with van der Waals surface area (Å²) in [6.07, 6.45) is 3.74. The molecule has 22 heavy (non-hydrogen) atoms. The molecule has 0 spiro atoms. The summed E-state index contributed by atoms with van der Waals surface area (Å²) in [6, 6.07) is 14.3. The molecule has 3 rings (SSSR count). The molecule has 0 aliphatic heterocycles. The highest BCUT2D eigenvalue weighted by Gasteiger charge is 2.14. The first-order valence-corrected chi connectivity index (χ1v) is 8.49. The third-order valence-corrected chi connectivity index (χ3v) is 4.60. The number of amides is 1. The second-order valence-electron chi connectivity index (χ2n) is 5.05. The van der Waals surface area contributed by atoms with E-state index in [-0.39, 0.29) is 0 Å². The lowest BCUT2D eigenvalue weighted by molar-refractivity contribution is -0.105. The lowest BCUT2D eigenvalue weighted by atomic mass is 10.0. The molecule has 0 saturated heterocycles. The maximum absolute atomic E-state index is 10.8. The van der Waals surface area contributed by atoms with Gasteiger partial charge in [-0.15, -0.1) is 11.8 Å². The van der Waals surface area contributed by atoms with Gasteiger partial charge in [-0.25, -0.2) is 0 Å². The Hall–Kier alpha value is -2.20. The number of H-pyrrole nitrogens is 1. The molecule has 0 atom stereocenters. The summed E-state index contributed by atoms with van der Waals surface area (Å²) in [6.45, 7) is 2.16. The van der Waals surface area contributed by atoms with Crippen LogP contribution in [0.1, 0.15) is 12.5 Å². The number of hydrogen-bond acceptors (Lipinski definition) is 2. The zero-order valence-electron chi connectivity index (χ0n) is 12.6. The van der Waals surface area contributed by atoms with Gasteiger partial charge in [-0.05, 0) is 42.5 Å². The largest absolute Gasteiger partial charge is 0.354 e. The van der Waals surface area contributed by atoms with Gasteiger partial charge < -0.3 is 10.3 Å². The third-order valence-electron chi connectivity index (χ3n) is 3.88. The minimum Gasteiger partial charge on any atom is -0.354 e. The van der Waals surface area contributed by atoms with Crippen LogP contribution in [0.3, 0.4) is 0 Å². The molecule has 0 unspecified atom stereocenters. The highest BCUT2D eigenvalue weighted by atomic mass is 32.2. The van der Waals surface area contributed by atoms with Crippen LogP contribution in [0, 0.1) is 0 Å². The van der Waals surface area contributed by atoms with E-state index in [1.807, 2.05) is 24.3 Å². The van der Waals surface area contributed by atoms with Gasteiger partial charge in [0.2, 0.25) is 6.41 Å². The van der Waals surface area contributed by atoms with Gasteiger partial charge in [-0.3, -0.25) is 4.79 Å². The highest BCUT2D eigenvalue weighted by molar-refractivity contribution is 7.98. The molecule has 0 aliphatic rings. The zero-order valence-corrected chi connectivity index (χ0v) is 13.5. The number of para-hydroxylation sites is 1. The fourth-order valence-corrected chi connectivity index (χ4v) is 3.28. The Bertz CT molecular complexity index is 823. The number of carbonyl (C=O) groups excluding carboxylic acids is 1. The first-order valence-electron chi connectivity index (χ1n) is 7.26. The van der Waals surface area contributed by atoms with Crippen LogP contribution in [0.4, 0.5) is 5.69 Å². The van der Waals surface area contributed by atoms with E-state index in [1.54, 1.807) is 11.8 Å². The number of anilines is 1. The number of aryl methyl sites for hydroxylation is 1. The number of hydrogen-bond donors (Lipinski definition) is 2. The highest BCUT2D eigenvalue weighted by Crippen LogP contribution is 2.36. The second-order valence-corrected chi connectivity index (χ2v) is 5.93. The fraction of sp³-hybridized carbons (Fsp3) is 0.167. The minimum absolute atomic E-state index is 0.721. The number of fused-ring (bicyclic) bond motifs is 1. The lowest BCUT2D eigenvalue weighted by Gasteiger charge is -2.08. The normalized spacial score (nSPS) is 10.8. The van der Waals surface area contributed by atoms with E-state index in [0.29, 0.717) is 0 Å². The monoisotopic (exact) mass is 310 g/mol. The van der Waals surface area contributed by atoms with Gasteiger partial charge >= 0.3 is 0 Å². The van der Waals surface area contributed by atoms with Crippen LogP contribution in [0.5, 0.6) is 0 Å². The molecular weight excluding hydrogens is 292 g/mol. The number of nitrogens with one attached hydrogen (secondary N) is 2. The van der Waals surface area contributed by atoms with E-state index >= 15 is 0 Å². The molecule has 4 heteroatoms. The molecule has 1 amide bonds. The Kier molecular flexibility index (Phi) is 4.20. The van der Waals surface area contributed by atoms with Crippen LogP contribution in [-0.2, 0) is 11.2 Å². The number of aromatic amines is 1. The van der Waals surface area contributed by atoms with Crippen molar-refractivity contribution in [3.63, 3.8) is 0 Å². The van der Waals surface area contributed by atoms with Crippen molar-refractivity contribution in [1.82, 2.24) is 4.98 Å². The number of thioether (sulfide) groups is 1. The molecule has 0 radical (unpaired) electrons. The number of benzene rings is 2. The van der Waals surface area contributed by atoms with Gasteiger partial charge in [0.1, 0.15) is 0 Å². The van der Waals surface area contributed by atoms with E-state index < -0.39 is 0 Å². The average molecular weight is 310 g/mol. The maximum Gasteiger partial charge on any atom is 0.211 e. The summed E-state index contributed by atoms with van der Waals surface area (Å²) in [4.78, 5) is 15.6. The van der Waals surface area contributed by atoms with Crippen molar-refractivity contribution in [2.75, 3.05) is 11.6 Å². The molecule has 3 nitrogen and oxygen atoms in total. The van der Waals surface area contributed by atoms with Crippen molar-refractivity contribution in [1.29, 1.82) is 0 Å². The summed E-state index contributed by atoms with van der Waals surface area (Å²) >= 11 is 1.75. The molecule has 0 bridgehead atoms. The third kappa shape index (κ3) is 2.50. The summed E-state index contributed by atoms with van der Waals surface area (Å²) in [5.41, 5.74) is 5.34. The van der Waals surface area contributed by atoms with Crippen molar-refractivity contribution in [2.24, 2.45) is 0 Å². The molecule has 1 heterocycles. The first-order chi connectivity index (χ1) is 10.8. The van der Waals surface area contributed by atoms with Gasteiger partial charge in [0.05, 0.1) is 5.69 Å². The average Bonchev–Trinajstić information content (AvgIpc) is 2.93. The van der Waals surface area contributed by atoms with Crippen LogP contribution < -0.4 is 5.32 Å². The molecule has 112 valence electrons. The molecule has 0 saturated carbocycles. The lowest BCUT2D eigenvalue weighted by Crippen LogP contribution is -1.97. The predicted molar refractivity (Wildman–Crippen MR) is 94.6 cm³/mol. The van der Waals surface area contributed by atoms with E-state index in [1.165, 1.54) is 15.8 Å². The first kappa shape index (κ1) is 14.7. The topological polar surface area (TPSA) is 44.9 Å². The van der Waals surface area contributed by atoms with E-state index in [4.69, 9.17) is 0 Å². The van der Waals surface area contributed by atoms with Crippen molar-refractivity contribution in [3.8, 4) is 11.3 Å². The molecule has 2 aromatic carbocycles. The zero-order chi connectivity index (χ0) is 15.5. The SMILES string of the molecule is CCc1c(-c2ccccc2NC=O)[nH]c2ccc(SC)cc12. The Morgan fingerprint density at radius 3 is 2.77 bits per heavy atom. The van der Waals surface area contributed by atoms with Crippen molar-refractivity contribution in [2.45, 2.75) is 18.2 Å². The van der Waals surface area contributed by atoms with Crippen LogP contribution in [0.25, 0.3) is 22.2 Å². The smallest absolute Gasteiger partial charge is 0.211 e. The Morgan fingerprint density at radius 1 is 1.23 bits per heavy atom. The summed E-state index contributed by atoms with van der Waals surface area (Å²) in [7, 11) is 0. The van der Waals surface area contributed by atoms with Gasteiger partial charge in [-0.1, -0.05) is 25.1 Å². The molecule has 1 aromatic heterocycles. The van der Waals surface area contributed by atoms with Crippen molar-refractivity contribution < 1.29 is 4.79 Å². The van der Waals surface area contributed by atoms with Gasteiger partial charge in [0.15, 0.2) is 0 Å². The minimum atomic E-state index is 0.721. The molecule has 0 aliphatic carbocycles. The summed E-state index contributed by atoms with van der Waals surface area (Å²) in [5, 5.41) is 4.04. The predicted octanol–water partition coefficient (Wildman–Crippen LogP) is 4.69.